The Hall–Kier alpha value is -0.893. The predicted octanol–water partition coefficient (Wildman–Crippen LogP) is 3.36. The van der Waals surface area contributed by atoms with Gasteiger partial charge in [-0.2, -0.15) is 0 Å². The zero-order chi connectivity index (χ0) is 11.4. The molecule has 1 aromatic carbocycles. The monoisotopic (exact) mass is 219 g/mol. The van der Waals surface area contributed by atoms with Crippen molar-refractivity contribution in [1.29, 1.82) is 0 Å². The average molecular weight is 219 g/mol. The van der Waals surface area contributed by atoms with Gasteiger partial charge in [-0.3, -0.25) is 4.79 Å². The Labute approximate surface area is 94.1 Å². The first-order valence-corrected chi connectivity index (χ1v) is 8.14. The van der Waals surface area contributed by atoms with Crippen molar-refractivity contribution in [1.82, 2.24) is 0 Å². The van der Waals surface area contributed by atoms with E-state index in [1.165, 1.54) is 5.56 Å². The second-order valence-electron chi connectivity index (χ2n) is 4.56. The van der Waals surface area contributed by atoms with Crippen molar-refractivity contribution in [2.75, 3.05) is 0 Å². The molecule has 80 valence electrons. The van der Waals surface area contributed by atoms with Crippen molar-refractivity contribution >= 4 is 14.6 Å². The van der Waals surface area contributed by atoms with Gasteiger partial charge in [-0.05, 0) is 5.56 Å². The lowest BCUT2D eigenvalue weighted by molar-refractivity contribution is 0.0938. The van der Waals surface area contributed by atoms with Gasteiger partial charge < -0.3 is 0 Å². The molecule has 0 atom stereocenters. The van der Waals surface area contributed by atoms with Gasteiger partial charge >= 0.3 is 8.80 Å². The molecule has 0 radical (unpaired) electrons. The molecule has 0 amide bonds. The Morgan fingerprint density at radius 2 is 1.87 bits per heavy atom. The Morgan fingerprint density at radius 1 is 1.27 bits per heavy atom. The summed E-state index contributed by atoms with van der Waals surface area (Å²) in [7, 11) is -0.320. The third-order valence-electron chi connectivity index (χ3n) is 2.35. The van der Waals surface area contributed by atoms with Gasteiger partial charge in [0.1, 0.15) is 0 Å². The summed E-state index contributed by atoms with van der Waals surface area (Å²) in [6, 6.07) is 9.11. The van der Waals surface area contributed by atoms with Crippen LogP contribution in [0.15, 0.2) is 24.3 Å². The topological polar surface area (TPSA) is 17.1 Å². The first-order valence-electron chi connectivity index (χ1n) is 5.43. The maximum atomic E-state index is 12.0. The lowest BCUT2D eigenvalue weighted by Crippen LogP contribution is -2.14. The van der Waals surface area contributed by atoms with Crippen LogP contribution in [0, 0.1) is 5.92 Å². The van der Waals surface area contributed by atoms with Crippen LogP contribution in [-0.4, -0.2) is 14.6 Å². The van der Waals surface area contributed by atoms with E-state index in [1.54, 1.807) is 0 Å². The fraction of sp³-hybridized carbons (Fsp3) is 0.462. The van der Waals surface area contributed by atoms with Crippen molar-refractivity contribution in [3.63, 3.8) is 0 Å². The molecular formula is C13H19OSi+. The Balaban J connectivity index is 3.01. The Morgan fingerprint density at radius 3 is 2.40 bits per heavy atom. The number of carbonyl (C=O) groups is 1. The summed E-state index contributed by atoms with van der Waals surface area (Å²) < 4.78 is 0. The minimum atomic E-state index is -0.320. The van der Waals surface area contributed by atoms with Gasteiger partial charge in [0.25, 0.3) is 0 Å². The third-order valence-corrected chi connectivity index (χ3v) is 3.44. The van der Waals surface area contributed by atoms with E-state index in [0.717, 1.165) is 11.6 Å². The summed E-state index contributed by atoms with van der Waals surface area (Å²) in [6.07, 6.45) is 0. The number of hydrogen-bond donors (Lipinski definition) is 0. The molecule has 0 saturated heterocycles. The standard InChI is InChI=1S/C13H19OSi/c1-10(2)13(14)12-8-6-5-7-11(12)9-15(3)4/h5-8,10H,9H2,1-4H3/q+1. The number of hydrogen-bond acceptors (Lipinski definition) is 1. The highest BCUT2D eigenvalue weighted by Crippen LogP contribution is 2.15. The van der Waals surface area contributed by atoms with Gasteiger partial charge in [-0.25, -0.2) is 0 Å². The summed E-state index contributed by atoms with van der Waals surface area (Å²) in [6.45, 7) is 8.48. The van der Waals surface area contributed by atoms with Crippen LogP contribution in [0.4, 0.5) is 0 Å². The van der Waals surface area contributed by atoms with E-state index in [9.17, 15) is 4.79 Å². The molecule has 0 saturated carbocycles. The maximum Gasteiger partial charge on any atom is 0.312 e. The van der Waals surface area contributed by atoms with E-state index in [0.29, 0.717) is 0 Å². The second-order valence-corrected chi connectivity index (χ2v) is 7.33. The van der Waals surface area contributed by atoms with E-state index in [-0.39, 0.29) is 20.5 Å². The molecule has 0 aliphatic rings. The van der Waals surface area contributed by atoms with Gasteiger partial charge in [0.15, 0.2) is 5.78 Å². The molecule has 0 spiro atoms. The molecule has 15 heavy (non-hydrogen) atoms. The third kappa shape index (κ3) is 3.31. The first kappa shape index (κ1) is 12.2. The maximum absolute atomic E-state index is 12.0. The number of rotatable bonds is 4. The lowest BCUT2D eigenvalue weighted by atomic mass is 9.97. The summed E-state index contributed by atoms with van der Waals surface area (Å²) in [5.74, 6) is 0.365. The van der Waals surface area contributed by atoms with Crippen molar-refractivity contribution in [3.8, 4) is 0 Å². The molecule has 0 aliphatic heterocycles. The quantitative estimate of drug-likeness (QED) is 0.560. The molecule has 0 heterocycles. The molecule has 1 nitrogen and oxygen atoms in total. The zero-order valence-electron chi connectivity index (χ0n) is 10.0. The molecule has 0 bridgehead atoms. The smallest absolute Gasteiger partial charge is 0.294 e. The highest BCUT2D eigenvalue weighted by atomic mass is 28.3. The predicted molar refractivity (Wildman–Crippen MR) is 66.8 cm³/mol. The second kappa shape index (κ2) is 5.26. The molecule has 1 rings (SSSR count). The van der Waals surface area contributed by atoms with E-state index in [4.69, 9.17) is 0 Å². The van der Waals surface area contributed by atoms with Gasteiger partial charge in [0.2, 0.25) is 0 Å². The van der Waals surface area contributed by atoms with Crippen LogP contribution in [0.1, 0.15) is 29.8 Å². The number of ketones is 1. The Bertz CT molecular complexity index is 342. The molecule has 2 heteroatoms. The van der Waals surface area contributed by atoms with Crippen LogP contribution >= 0.6 is 0 Å². The van der Waals surface area contributed by atoms with Gasteiger partial charge in [-0.1, -0.05) is 38.1 Å². The minimum absolute atomic E-state index is 0.0931. The van der Waals surface area contributed by atoms with Crippen LogP contribution in [0.2, 0.25) is 13.1 Å². The zero-order valence-corrected chi connectivity index (χ0v) is 11.0. The molecule has 0 aromatic heterocycles. The average Bonchev–Trinajstić information content (AvgIpc) is 2.16. The number of carbonyl (C=O) groups excluding carboxylic acids is 1. The molecule has 0 N–H and O–H groups in total. The van der Waals surface area contributed by atoms with E-state index >= 15 is 0 Å². The van der Waals surface area contributed by atoms with Crippen molar-refractivity contribution in [3.05, 3.63) is 35.4 Å². The summed E-state index contributed by atoms with van der Waals surface area (Å²) in [4.78, 5) is 12.0. The van der Waals surface area contributed by atoms with Crippen LogP contribution in [0.25, 0.3) is 0 Å². The summed E-state index contributed by atoms with van der Waals surface area (Å²) in [5, 5.41) is 0. The first-order chi connectivity index (χ1) is 7.02. The van der Waals surface area contributed by atoms with Crippen molar-refractivity contribution in [2.24, 2.45) is 5.92 Å². The fourth-order valence-corrected chi connectivity index (χ4v) is 2.68. The van der Waals surface area contributed by atoms with Crippen LogP contribution in [-0.2, 0) is 6.04 Å². The highest BCUT2D eigenvalue weighted by Gasteiger charge is 2.19. The molecule has 0 unspecified atom stereocenters. The lowest BCUT2D eigenvalue weighted by Gasteiger charge is -2.08. The minimum Gasteiger partial charge on any atom is -0.294 e. The van der Waals surface area contributed by atoms with Crippen LogP contribution < -0.4 is 0 Å². The van der Waals surface area contributed by atoms with Crippen molar-refractivity contribution in [2.45, 2.75) is 33.0 Å². The molecule has 0 fully saturated rings. The number of Topliss-reactive ketones (excluding diaryl/α,β-unsaturated/α-hetero) is 1. The normalized spacial score (nSPS) is 10.5. The fourth-order valence-electron chi connectivity index (χ4n) is 1.61. The Kier molecular flexibility index (Phi) is 4.27. The van der Waals surface area contributed by atoms with Crippen LogP contribution in [0.5, 0.6) is 0 Å². The van der Waals surface area contributed by atoms with Crippen molar-refractivity contribution < 1.29 is 4.79 Å². The van der Waals surface area contributed by atoms with Gasteiger partial charge in [0.05, 0.1) is 19.1 Å². The largest absolute Gasteiger partial charge is 0.312 e. The van der Waals surface area contributed by atoms with E-state index in [2.05, 4.69) is 19.2 Å². The number of benzene rings is 1. The van der Waals surface area contributed by atoms with E-state index in [1.807, 2.05) is 32.0 Å². The summed E-state index contributed by atoms with van der Waals surface area (Å²) >= 11 is 0. The molecule has 0 aliphatic carbocycles. The van der Waals surface area contributed by atoms with Crippen LogP contribution in [0.3, 0.4) is 0 Å². The van der Waals surface area contributed by atoms with Gasteiger partial charge in [-0.15, -0.1) is 0 Å². The van der Waals surface area contributed by atoms with E-state index < -0.39 is 0 Å². The molecule has 1 aromatic rings. The summed E-state index contributed by atoms with van der Waals surface area (Å²) in [5.41, 5.74) is 2.16. The SMILES string of the molecule is CC(C)C(=O)c1ccccc1C[Si+](C)C. The van der Waals surface area contributed by atoms with Gasteiger partial charge in [0, 0.05) is 11.5 Å². The highest BCUT2D eigenvalue weighted by molar-refractivity contribution is 6.55. The molecular weight excluding hydrogens is 200 g/mol.